The van der Waals surface area contributed by atoms with Gasteiger partial charge in [-0.2, -0.15) is 0 Å². The fourth-order valence-electron chi connectivity index (χ4n) is 1.69. The van der Waals surface area contributed by atoms with E-state index in [1.165, 1.54) is 22.5 Å². The Morgan fingerprint density at radius 3 is 2.41 bits per heavy atom. The van der Waals surface area contributed by atoms with E-state index in [0.29, 0.717) is 0 Å². The molecule has 2 rings (SSSR count). The number of thiazole rings is 1. The summed E-state index contributed by atoms with van der Waals surface area (Å²) >= 11 is 1.37. The van der Waals surface area contributed by atoms with Crippen molar-refractivity contribution in [1.29, 1.82) is 0 Å². The normalized spacial score (nSPS) is 10.5. The zero-order chi connectivity index (χ0) is 12.6. The largest absolute Gasteiger partial charge is 0.476 e. The van der Waals surface area contributed by atoms with Crippen LogP contribution in [0.5, 0.6) is 0 Å². The molecule has 17 heavy (non-hydrogen) atoms. The van der Waals surface area contributed by atoms with Crippen LogP contribution in [0.15, 0.2) is 17.5 Å². The Kier molecular flexibility index (Phi) is 2.98. The van der Waals surface area contributed by atoms with E-state index in [4.69, 9.17) is 5.11 Å². The highest BCUT2D eigenvalue weighted by molar-refractivity contribution is 7.13. The highest BCUT2D eigenvalue weighted by Gasteiger charge is 2.12. The second-order valence-corrected chi connectivity index (χ2v) is 4.95. The van der Waals surface area contributed by atoms with Gasteiger partial charge < -0.3 is 5.11 Å². The van der Waals surface area contributed by atoms with Crippen molar-refractivity contribution in [2.24, 2.45) is 0 Å². The van der Waals surface area contributed by atoms with Gasteiger partial charge in [-0.1, -0.05) is 6.07 Å². The Morgan fingerprint density at radius 2 is 1.82 bits per heavy atom. The van der Waals surface area contributed by atoms with Crippen LogP contribution in [-0.4, -0.2) is 16.1 Å². The summed E-state index contributed by atoms with van der Waals surface area (Å²) in [4.78, 5) is 14.9. The summed E-state index contributed by atoms with van der Waals surface area (Å²) in [5.74, 6) is -0.978. The highest BCUT2D eigenvalue weighted by atomic mass is 32.1. The van der Waals surface area contributed by atoms with Crippen LogP contribution >= 0.6 is 11.3 Å². The number of hydrogen-bond donors (Lipinski definition) is 1. The Hall–Kier alpha value is -1.68. The summed E-state index contributed by atoms with van der Waals surface area (Å²) in [5.41, 5.74) is 4.69. The molecule has 0 aliphatic rings. The average Bonchev–Trinajstić information content (AvgIpc) is 2.72. The molecule has 4 heteroatoms. The van der Waals surface area contributed by atoms with Gasteiger partial charge in [-0.05, 0) is 43.5 Å². The standard InChI is InChI=1S/C13H13NO2S/c1-7-4-9(3)10(5-8(7)2)12-14-11(6-17-12)13(15)16/h4-6H,1-3H3,(H,15,16). The lowest BCUT2D eigenvalue weighted by atomic mass is 10.0. The van der Waals surface area contributed by atoms with E-state index in [9.17, 15) is 4.79 Å². The SMILES string of the molecule is Cc1cc(C)c(-c2nc(C(=O)O)cs2)cc1C. The van der Waals surface area contributed by atoms with Crippen molar-refractivity contribution in [3.63, 3.8) is 0 Å². The number of carboxylic acid groups (broad SMARTS) is 1. The number of hydrogen-bond acceptors (Lipinski definition) is 3. The first-order valence-electron chi connectivity index (χ1n) is 5.26. The van der Waals surface area contributed by atoms with Gasteiger partial charge in [-0.15, -0.1) is 11.3 Å². The summed E-state index contributed by atoms with van der Waals surface area (Å²) in [6.07, 6.45) is 0. The third-order valence-electron chi connectivity index (χ3n) is 2.79. The molecule has 1 aromatic carbocycles. The zero-order valence-corrected chi connectivity index (χ0v) is 10.8. The first-order chi connectivity index (χ1) is 7.99. The second-order valence-electron chi connectivity index (χ2n) is 4.09. The zero-order valence-electron chi connectivity index (χ0n) is 9.94. The minimum absolute atomic E-state index is 0.114. The lowest BCUT2D eigenvalue weighted by Gasteiger charge is -2.07. The van der Waals surface area contributed by atoms with Crippen LogP contribution in [0.2, 0.25) is 0 Å². The van der Waals surface area contributed by atoms with E-state index < -0.39 is 5.97 Å². The van der Waals surface area contributed by atoms with Crippen molar-refractivity contribution in [2.75, 3.05) is 0 Å². The second kappa shape index (κ2) is 4.30. The predicted molar refractivity (Wildman–Crippen MR) is 68.7 cm³/mol. The van der Waals surface area contributed by atoms with E-state index >= 15 is 0 Å². The van der Waals surface area contributed by atoms with Crippen LogP contribution in [0.25, 0.3) is 10.6 Å². The van der Waals surface area contributed by atoms with Gasteiger partial charge in [0, 0.05) is 10.9 Å². The van der Waals surface area contributed by atoms with Gasteiger partial charge in [0.15, 0.2) is 5.69 Å². The Balaban J connectivity index is 2.52. The third kappa shape index (κ3) is 2.22. The van der Waals surface area contributed by atoms with E-state index in [0.717, 1.165) is 16.1 Å². The molecule has 3 nitrogen and oxygen atoms in total. The van der Waals surface area contributed by atoms with Gasteiger partial charge >= 0.3 is 5.97 Å². The van der Waals surface area contributed by atoms with Gasteiger partial charge in [-0.3, -0.25) is 0 Å². The van der Waals surface area contributed by atoms with Gasteiger partial charge in [0.25, 0.3) is 0 Å². The van der Waals surface area contributed by atoms with Crippen LogP contribution in [0, 0.1) is 20.8 Å². The summed E-state index contributed by atoms with van der Waals surface area (Å²) in [6.45, 7) is 6.13. The van der Waals surface area contributed by atoms with Gasteiger partial charge in [-0.25, -0.2) is 9.78 Å². The summed E-state index contributed by atoms with van der Waals surface area (Å²) in [7, 11) is 0. The number of rotatable bonds is 2. The van der Waals surface area contributed by atoms with Gasteiger partial charge in [0.05, 0.1) is 0 Å². The van der Waals surface area contributed by atoms with Crippen molar-refractivity contribution in [3.05, 3.63) is 39.9 Å². The number of aryl methyl sites for hydroxylation is 3. The fraction of sp³-hybridized carbons (Fsp3) is 0.231. The summed E-state index contributed by atoms with van der Waals surface area (Å²) in [6, 6.07) is 4.17. The number of carboxylic acids is 1. The monoisotopic (exact) mass is 247 g/mol. The molecule has 0 bridgehead atoms. The van der Waals surface area contributed by atoms with Gasteiger partial charge in [0.2, 0.25) is 0 Å². The molecule has 0 amide bonds. The molecule has 1 heterocycles. The van der Waals surface area contributed by atoms with Crippen molar-refractivity contribution in [3.8, 4) is 10.6 Å². The summed E-state index contributed by atoms with van der Waals surface area (Å²) < 4.78 is 0. The van der Waals surface area contributed by atoms with Crippen molar-refractivity contribution >= 4 is 17.3 Å². The molecular weight excluding hydrogens is 234 g/mol. The number of carbonyl (C=O) groups is 1. The number of aromatic carboxylic acids is 1. The first kappa shape index (κ1) is 11.8. The van der Waals surface area contributed by atoms with Crippen LogP contribution in [0.1, 0.15) is 27.2 Å². The Bertz CT molecular complexity index is 587. The molecular formula is C13H13NO2S. The number of aromatic nitrogens is 1. The van der Waals surface area contributed by atoms with E-state index in [1.54, 1.807) is 5.38 Å². The van der Waals surface area contributed by atoms with Crippen LogP contribution in [-0.2, 0) is 0 Å². The first-order valence-corrected chi connectivity index (χ1v) is 6.14. The molecule has 0 saturated heterocycles. The molecule has 0 radical (unpaired) electrons. The maximum atomic E-state index is 10.8. The number of benzene rings is 1. The number of nitrogens with zero attached hydrogens (tertiary/aromatic N) is 1. The van der Waals surface area contributed by atoms with E-state index in [-0.39, 0.29) is 5.69 Å². The minimum atomic E-state index is -0.978. The Morgan fingerprint density at radius 1 is 1.18 bits per heavy atom. The molecule has 0 aliphatic carbocycles. The molecule has 0 saturated carbocycles. The minimum Gasteiger partial charge on any atom is -0.476 e. The quantitative estimate of drug-likeness (QED) is 0.884. The molecule has 1 aromatic heterocycles. The smallest absolute Gasteiger partial charge is 0.355 e. The van der Waals surface area contributed by atoms with Crippen molar-refractivity contribution in [1.82, 2.24) is 4.98 Å². The van der Waals surface area contributed by atoms with E-state index in [1.807, 2.05) is 13.8 Å². The topological polar surface area (TPSA) is 50.2 Å². The fourth-order valence-corrected chi connectivity index (χ4v) is 2.56. The average molecular weight is 247 g/mol. The molecule has 88 valence electrons. The molecule has 0 spiro atoms. The van der Waals surface area contributed by atoms with Crippen LogP contribution < -0.4 is 0 Å². The van der Waals surface area contributed by atoms with Crippen molar-refractivity contribution in [2.45, 2.75) is 20.8 Å². The van der Waals surface area contributed by atoms with Crippen LogP contribution in [0.4, 0.5) is 0 Å². The Labute approximate surface area is 104 Å². The molecule has 0 atom stereocenters. The third-order valence-corrected chi connectivity index (χ3v) is 3.67. The summed E-state index contributed by atoms with van der Waals surface area (Å²) in [5, 5.41) is 11.2. The highest BCUT2D eigenvalue weighted by Crippen LogP contribution is 2.29. The molecule has 2 aromatic rings. The van der Waals surface area contributed by atoms with Crippen LogP contribution in [0.3, 0.4) is 0 Å². The molecule has 0 aliphatic heterocycles. The van der Waals surface area contributed by atoms with Gasteiger partial charge in [0.1, 0.15) is 5.01 Å². The predicted octanol–water partition coefficient (Wildman–Crippen LogP) is 3.43. The molecule has 0 fully saturated rings. The lowest BCUT2D eigenvalue weighted by molar-refractivity contribution is 0.0691. The molecule has 0 unspecified atom stereocenters. The maximum absolute atomic E-state index is 10.8. The maximum Gasteiger partial charge on any atom is 0.355 e. The molecule has 1 N–H and O–H groups in total. The van der Waals surface area contributed by atoms with Crippen molar-refractivity contribution < 1.29 is 9.90 Å². The lowest BCUT2D eigenvalue weighted by Crippen LogP contribution is -1.96. The van der Waals surface area contributed by atoms with E-state index in [2.05, 4.69) is 24.0 Å².